The first-order chi connectivity index (χ1) is 13.3. The zero-order valence-corrected chi connectivity index (χ0v) is 17.0. The molecule has 0 aromatic heterocycles. The molecule has 2 atom stereocenters. The minimum absolute atomic E-state index is 0.126. The van der Waals surface area contributed by atoms with Crippen molar-refractivity contribution in [2.24, 2.45) is 11.3 Å². The molecule has 0 radical (unpaired) electrons. The highest BCUT2D eigenvalue weighted by atomic mass is 16.5. The Balaban J connectivity index is 1.77. The fraction of sp³-hybridized carbons (Fsp3) is 0.375. The third-order valence-electron chi connectivity index (χ3n) is 5.32. The van der Waals surface area contributed by atoms with Crippen molar-refractivity contribution in [2.75, 3.05) is 10.6 Å². The van der Waals surface area contributed by atoms with Gasteiger partial charge >= 0.3 is 0 Å². The second-order valence-electron chi connectivity index (χ2n) is 8.74. The maximum atomic E-state index is 13.2. The molecule has 2 unspecified atom stereocenters. The molecule has 2 aliphatic rings. The average Bonchev–Trinajstić information content (AvgIpc) is 2.77. The van der Waals surface area contributed by atoms with Crippen LogP contribution in [0.25, 0.3) is 0 Å². The molecular weight excluding hydrogens is 348 g/mol. The molecule has 1 aliphatic carbocycles. The SMILES string of the molecule is CC(C)Oc1ccc(C2Nc3ccccc3NC3=CC(C)(C)CC(=O)C32)cc1. The van der Waals surface area contributed by atoms with Gasteiger partial charge in [0.1, 0.15) is 11.5 Å². The number of carbonyl (C=O) groups excluding carboxylic acids is 1. The number of carbonyl (C=O) groups is 1. The number of nitrogens with one attached hydrogen (secondary N) is 2. The molecule has 1 heterocycles. The first-order valence-corrected chi connectivity index (χ1v) is 9.97. The third-order valence-corrected chi connectivity index (χ3v) is 5.32. The van der Waals surface area contributed by atoms with E-state index in [4.69, 9.17) is 4.74 Å². The van der Waals surface area contributed by atoms with Crippen LogP contribution in [0.15, 0.2) is 60.3 Å². The summed E-state index contributed by atoms with van der Waals surface area (Å²) in [4.78, 5) is 13.2. The summed E-state index contributed by atoms with van der Waals surface area (Å²) in [7, 11) is 0. The number of para-hydroxylation sites is 2. The Hall–Kier alpha value is -2.75. The monoisotopic (exact) mass is 376 g/mol. The van der Waals surface area contributed by atoms with E-state index in [2.05, 4.69) is 48.8 Å². The fourth-order valence-corrected chi connectivity index (χ4v) is 4.20. The summed E-state index contributed by atoms with van der Waals surface area (Å²) in [5.41, 5.74) is 3.95. The van der Waals surface area contributed by atoms with Crippen LogP contribution < -0.4 is 15.4 Å². The molecule has 4 heteroatoms. The molecule has 2 aromatic carbocycles. The Labute approximate surface area is 167 Å². The van der Waals surface area contributed by atoms with Crippen LogP contribution in [-0.2, 0) is 4.79 Å². The molecular formula is C24H28N2O2. The van der Waals surface area contributed by atoms with E-state index in [0.717, 1.165) is 28.4 Å². The quantitative estimate of drug-likeness (QED) is 0.737. The first kappa shape index (κ1) is 18.6. The van der Waals surface area contributed by atoms with E-state index in [1.54, 1.807) is 0 Å². The molecule has 0 saturated carbocycles. The molecule has 0 amide bonds. The van der Waals surface area contributed by atoms with Gasteiger partial charge in [0.2, 0.25) is 0 Å². The molecule has 146 valence electrons. The van der Waals surface area contributed by atoms with Crippen LogP contribution in [0.4, 0.5) is 11.4 Å². The smallest absolute Gasteiger partial charge is 0.145 e. The molecule has 0 fully saturated rings. The number of ketones is 1. The summed E-state index contributed by atoms with van der Waals surface area (Å²) in [6.45, 7) is 8.27. The van der Waals surface area contributed by atoms with Gasteiger partial charge in [-0.25, -0.2) is 0 Å². The van der Waals surface area contributed by atoms with Crippen molar-refractivity contribution in [1.29, 1.82) is 0 Å². The minimum Gasteiger partial charge on any atom is -0.491 e. The fourth-order valence-electron chi connectivity index (χ4n) is 4.20. The number of benzene rings is 2. The third kappa shape index (κ3) is 3.64. The maximum Gasteiger partial charge on any atom is 0.145 e. The summed E-state index contributed by atoms with van der Waals surface area (Å²) in [5.74, 6) is 0.873. The maximum absolute atomic E-state index is 13.2. The number of rotatable bonds is 3. The predicted molar refractivity (Wildman–Crippen MR) is 114 cm³/mol. The minimum atomic E-state index is -0.239. The van der Waals surface area contributed by atoms with Crippen LogP contribution in [0.2, 0.25) is 0 Å². The largest absolute Gasteiger partial charge is 0.491 e. The second kappa shape index (κ2) is 7.01. The Morgan fingerprint density at radius 2 is 1.71 bits per heavy atom. The lowest BCUT2D eigenvalue weighted by atomic mass is 9.72. The lowest BCUT2D eigenvalue weighted by molar-refractivity contribution is -0.124. The summed E-state index contributed by atoms with van der Waals surface area (Å²) >= 11 is 0. The highest BCUT2D eigenvalue weighted by Gasteiger charge is 2.41. The van der Waals surface area contributed by atoms with Crippen molar-refractivity contribution >= 4 is 17.2 Å². The van der Waals surface area contributed by atoms with Gasteiger partial charge in [0, 0.05) is 12.1 Å². The van der Waals surface area contributed by atoms with Crippen LogP contribution in [0.5, 0.6) is 5.75 Å². The first-order valence-electron chi connectivity index (χ1n) is 9.97. The van der Waals surface area contributed by atoms with Gasteiger partial charge in [-0.3, -0.25) is 4.79 Å². The summed E-state index contributed by atoms with van der Waals surface area (Å²) < 4.78 is 5.78. The van der Waals surface area contributed by atoms with Gasteiger partial charge in [-0.05, 0) is 49.1 Å². The molecule has 2 N–H and O–H groups in total. The number of ether oxygens (including phenoxy) is 1. The molecule has 0 bridgehead atoms. The summed E-state index contributed by atoms with van der Waals surface area (Å²) in [5, 5.41) is 7.17. The van der Waals surface area contributed by atoms with Crippen molar-refractivity contribution in [3.8, 4) is 5.75 Å². The molecule has 4 rings (SSSR count). The lowest BCUT2D eigenvalue weighted by Gasteiger charge is -2.35. The normalized spacial score (nSPS) is 22.9. The standard InChI is InChI=1S/C24H28N2O2/c1-15(2)28-17-11-9-16(10-12-17)23-22-20(13-24(3,4)14-21(22)27)25-18-7-5-6-8-19(18)26-23/h5-13,15,22-23,25-26H,14H2,1-4H3. The van der Waals surface area contributed by atoms with Gasteiger partial charge < -0.3 is 15.4 Å². The van der Waals surface area contributed by atoms with E-state index in [0.29, 0.717) is 6.42 Å². The van der Waals surface area contributed by atoms with Crippen molar-refractivity contribution in [3.05, 3.63) is 65.9 Å². The highest BCUT2D eigenvalue weighted by Crippen LogP contribution is 2.45. The number of fused-ring (bicyclic) bond motifs is 2. The Kier molecular flexibility index (Phi) is 4.66. The summed E-state index contributed by atoms with van der Waals surface area (Å²) in [6, 6.07) is 16.1. The van der Waals surface area contributed by atoms with Crippen molar-refractivity contribution in [1.82, 2.24) is 0 Å². The van der Waals surface area contributed by atoms with E-state index in [1.807, 2.05) is 44.2 Å². The van der Waals surface area contributed by atoms with Crippen molar-refractivity contribution in [3.63, 3.8) is 0 Å². The topological polar surface area (TPSA) is 50.4 Å². The van der Waals surface area contributed by atoms with Crippen LogP contribution in [0.1, 0.15) is 45.7 Å². The van der Waals surface area contributed by atoms with E-state index >= 15 is 0 Å². The highest BCUT2D eigenvalue weighted by molar-refractivity contribution is 5.90. The molecule has 28 heavy (non-hydrogen) atoms. The number of anilines is 2. The molecule has 2 aromatic rings. The van der Waals surface area contributed by atoms with Crippen LogP contribution in [0, 0.1) is 11.3 Å². The lowest BCUT2D eigenvalue weighted by Crippen LogP contribution is -2.36. The van der Waals surface area contributed by atoms with Gasteiger partial charge in [0.05, 0.1) is 29.4 Å². The molecule has 4 nitrogen and oxygen atoms in total. The van der Waals surface area contributed by atoms with Gasteiger partial charge in [-0.1, -0.05) is 44.2 Å². The number of Topliss-reactive ketones (excluding diaryl/α,β-unsaturated/α-hetero) is 1. The van der Waals surface area contributed by atoms with Gasteiger partial charge in [0.25, 0.3) is 0 Å². The Bertz CT molecular complexity index is 912. The van der Waals surface area contributed by atoms with Crippen molar-refractivity contribution < 1.29 is 9.53 Å². The van der Waals surface area contributed by atoms with Crippen LogP contribution >= 0.6 is 0 Å². The average molecular weight is 377 g/mol. The predicted octanol–water partition coefficient (Wildman–Crippen LogP) is 5.55. The van der Waals surface area contributed by atoms with Crippen LogP contribution in [0.3, 0.4) is 0 Å². The number of allylic oxidation sites excluding steroid dienone is 1. The number of hydrogen-bond acceptors (Lipinski definition) is 4. The summed E-state index contributed by atoms with van der Waals surface area (Å²) in [6.07, 6.45) is 2.91. The second-order valence-corrected chi connectivity index (χ2v) is 8.74. The molecule has 1 aliphatic heterocycles. The van der Waals surface area contributed by atoms with E-state index in [-0.39, 0.29) is 29.3 Å². The van der Waals surface area contributed by atoms with Gasteiger partial charge in [-0.15, -0.1) is 0 Å². The van der Waals surface area contributed by atoms with E-state index in [9.17, 15) is 4.79 Å². The Morgan fingerprint density at radius 1 is 1.04 bits per heavy atom. The van der Waals surface area contributed by atoms with Crippen LogP contribution in [-0.4, -0.2) is 11.9 Å². The number of hydrogen-bond donors (Lipinski definition) is 2. The molecule has 0 spiro atoms. The van der Waals surface area contributed by atoms with Gasteiger partial charge in [0.15, 0.2) is 0 Å². The van der Waals surface area contributed by atoms with Crippen molar-refractivity contribution in [2.45, 2.75) is 46.3 Å². The van der Waals surface area contributed by atoms with E-state index < -0.39 is 0 Å². The zero-order chi connectivity index (χ0) is 19.9. The Morgan fingerprint density at radius 3 is 2.39 bits per heavy atom. The zero-order valence-electron chi connectivity index (χ0n) is 17.0. The van der Waals surface area contributed by atoms with E-state index in [1.165, 1.54) is 0 Å². The molecule has 0 saturated heterocycles. The van der Waals surface area contributed by atoms with Gasteiger partial charge in [-0.2, -0.15) is 0 Å².